The van der Waals surface area contributed by atoms with Crippen LogP contribution in [0, 0.1) is 0 Å². The Morgan fingerprint density at radius 2 is 1.54 bits per heavy atom. The first kappa shape index (κ1) is 38.8. The van der Waals surface area contributed by atoms with Gasteiger partial charge in [0.05, 0.1) is 24.9 Å². The Labute approximate surface area is 308 Å². The molecule has 5 atom stereocenters. The molecule has 5 unspecified atom stereocenters. The van der Waals surface area contributed by atoms with Crippen molar-refractivity contribution in [1.82, 2.24) is 15.5 Å². The zero-order valence-corrected chi connectivity index (χ0v) is 30.5. The lowest BCUT2D eigenvalue weighted by Gasteiger charge is -2.39. The van der Waals surface area contributed by atoms with Crippen molar-refractivity contribution < 1.29 is 29.3 Å². The molecule has 1 fully saturated rings. The molecule has 1 aliphatic rings. The van der Waals surface area contributed by atoms with E-state index in [1.807, 2.05) is 98.9 Å². The van der Waals surface area contributed by atoms with Crippen molar-refractivity contribution in [2.24, 2.45) is 0 Å². The Balaban J connectivity index is 1.25. The Kier molecular flexibility index (Phi) is 14.5. The lowest BCUT2D eigenvalue weighted by Crippen LogP contribution is -2.43. The van der Waals surface area contributed by atoms with Crippen LogP contribution in [0.15, 0.2) is 103 Å². The predicted molar refractivity (Wildman–Crippen MR) is 203 cm³/mol. The number of unbranched alkanes of at least 4 members (excludes halogenated alkanes) is 2. The molecule has 9 heteroatoms. The van der Waals surface area contributed by atoms with E-state index in [4.69, 9.17) is 9.47 Å². The Morgan fingerprint density at radius 3 is 2.25 bits per heavy atom. The number of nitrogens with zero attached hydrogens (tertiary/aromatic N) is 1. The highest BCUT2D eigenvalue weighted by Crippen LogP contribution is 2.39. The summed E-state index contributed by atoms with van der Waals surface area (Å²) in [6.45, 7) is 5.19. The topological polar surface area (TPSA) is 120 Å². The van der Waals surface area contributed by atoms with Gasteiger partial charge in [-0.25, -0.2) is 0 Å². The molecule has 1 aliphatic heterocycles. The van der Waals surface area contributed by atoms with E-state index in [1.54, 1.807) is 0 Å². The molecule has 4 aromatic carbocycles. The maximum atomic E-state index is 12.6. The molecule has 5 rings (SSSR count). The van der Waals surface area contributed by atoms with Gasteiger partial charge in [0.2, 0.25) is 11.8 Å². The number of nitrogens with one attached hydrogen (secondary N) is 2. The number of likely N-dealkylation sites (N-methyl/N-ethyl adjacent to an activating group) is 1. The van der Waals surface area contributed by atoms with Crippen LogP contribution in [0.1, 0.15) is 92.3 Å². The second-order valence-corrected chi connectivity index (χ2v) is 13.7. The van der Waals surface area contributed by atoms with Crippen molar-refractivity contribution in [3.05, 3.63) is 131 Å². The molecule has 0 radical (unpaired) electrons. The number of rotatable bonds is 17. The first-order valence-corrected chi connectivity index (χ1v) is 18.3. The number of benzene rings is 4. The van der Waals surface area contributed by atoms with E-state index in [-0.39, 0.29) is 36.7 Å². The molecule has 0 aliphatic carbocycles. The monoisotopic (exact) mass is 707 g/mol. The lowest BCUT2D eigenvalue weighted by molar-refractivity contribution is -0.253. The number of carbonyl (C=O) groups excluding carboxylic acids is 2. The third-order valence-corrected chi connectivity index (χ3v) is 9.84. The zero-order valence-electron chi connectivity index (χ0n) is 30.5. The van der Waals surface area contributed by atoms with E-state index < -0.39 is 12.4 Å². The second-order valence-electron chi connectivity index (χ2n) is 13.7. The van der Waals surface area contributed by atoms with E-state index in [0.29, 0.717) is 32.5 Å². The highest BCUT2D eigenvalue weighted by molar-refractivity contribution is 5.76. The Bertz CT molecular complexity index is 1700. The molecule has 52 heavy (non-hydrogen) atoms. The van der Waals surface area contributed by atoms with Gasteiger partial charge in [-0.2, -0.15) is 0 Å². The van der Waals surface area contributed by atoms with Gasteiger partial charge in [-0.1, -0.05) is 110 Å². The fourth-order valence-corrected chi connectivity index (χ4v) is 6.60. The quantitative estimate of drug-likeness (QED) is 0.0896. The Hall–Kier alpha value is -4.38. The third-order valence-electron chi connectivity index (χ3n) is 9.84. The summed E-state index contributed by atoms with van der Waals surface area (Å²) >= 11 is 0. The van der Waals surface area contributed by atoms with Crippen LogP contribution in [0.4, 0.5) is 0 Å². The first-order valence-electron chi connectivity index (χ1n) is 18.3. The van der Waals surface area contributed by atoms with Gasteiger partial charge in [-0.05, 0) is 60.2 Å². The molecular weight excluding hydrogens is 654 g/mol. The molecule has 1 heterocycles. The van der Waals surface area contributed by atoms with Gasteiger partial charge in [-0.3, -0.25) is 14.5 Å². The molecule has 0 saturated carbocycles. The number of amides is 2. The lowest BCUT2D eigenvalue weighted by atomic mass is 9.97. The average Bonchev–Trinajstić information content (AvgIpc) is 3.18. The molecule has 0 aromatic heterocycles. The minimum Gasteiger partial charge on any atom is -0.392 e. The predicted octanol–water partition coefficient (Wildman–Crippen LogP) is 6.76. The van der Waals surface area contributed by atoms with Gasteiger partial charge in [0, 0.05) is 51.0 Å². The van der Waals surface area contributed by atoms with Crippen LogP contribution in [-0.4, -0.2) is 59.2 Å². The van der Waals surface area contributed by atoms with Crippen molar-refractivity contribution in [2.45, 2.75) is 89.7 Å². The van der Waals surface area contributed by atoms with Crippen molar-refractivity contribution in [3.63, 3.8) is 0 Å². The van der Waals surface area contributed by atoms with Gasteiger partial charge >= 0.3 is 0 Å². The molecule has 4 N–H and O–H groups in total. The maximum absolute atomic E-state index is 12.6. The van der Waals surface area contributed by atoms with Crippen LogP contribution in [0.25, 0.3) is 11.1 Å². The van der Waals surface area contributed by atoms with Crippen LogP contribution in [-0.2, 0) is 32.2 Å². The number of hydrogen-bond donors (Lipinski definition) is 4. The maximum Gasteiger partial charge on any atom is 0.220 e. The van der Waals surface area contributed by atoms with Gasteiger partial charge in [0.1, 0.15) is 0 Å². The van der Waals surface area contributed by atoms with Gasteiger partial charge in [0.25, 0.3) is 0 Å². The highest BCUT2D eigenvalue weighted by atomic mass is 16.7. The number of aliphatic hydroxyl groups is 2. The third kappa shape index (κ3) is 11.1. The second kappa shape index (κ2) is 19.5. The van der Waals surface area contributed by atoms with Gasteiger partial charge in [-0.15, -0.1) is 0 Å². The molecule has 1 saturated heterocycles. The number of carbonyl (C=O) groups is 2. The Morgan fingerprint density at radius 1 is 0.846 bits per heavy atom. The molecular formula is C43H53N3O6. The largest absolute Gasteiger partial charge is 0.392 e. The summed E-state index contributed by atoms with van der Waals surface area (Å²) in [6, 6.07) is 33.7. The molecule has 2 amide bonds. The summed E-state index contributed by atoms with van der Waals surface area (Å²) in [5.41, 5.74) is 6.74. The van der Waals surface area contributed by atoms with Crippen molar-refractivity contribution in [3.8, 4) is 11.1 Å². The summed E-state index contributed by atoms with van der Waals surface area (Å²) in [7, 11) is 2.01. The van der Waals surface area contributed by atoms with E-state index in [2.05, 4.69) is 33.7 Å². The summed E-state index contributed by atoms with van der Waals surface area (Å²) in [5, 5.41) is 26.6. The minimum atomic E-state index is -0.639. The van der Waals surface area contributed by atoms with Crippen molar-refractivity contribution >= 4 is 11.8 Å². The summed E-state index contributed by atoms with van der Waals surface area (Å²) in [5.74, 6) is -0.0165. The molecule has 276 valence electrons. The van der Waals surface area contributed by atoms with E-state index >= 15 is 0 Å². The molecule has 9 nitrogen and oxygen atoms in total. The fraction of sp³-hybridized carbons (Fsp3) is 0.395. The summed E-state index contributed by atoms with van der Waals surface area (Å²) in [4.78, 5) is 25.7. The van der Waals surface area contributed by atoms with Gasteiger partial charge < -0.3 is 30.3 Å². The fourth-order valence-electron chi connectivity index (χ4n) is 6.60. The van der Waals surface area contributed by atoms with E-state index in [9.17, 15) is 19.8 Å². The first-order chi connectivity index (χ1) is 25.2. The van der Waals surface area contributed by atoms with Crippen molar-refractivity contribution in [2.75, 3.05) is 20.1 Å². The van der Waals surface area contributed by atoms with E-state index in [1.165, 1.54) is 6.92 Å². The SMILES string of the molecule is CC(=O)NCCCCCC(=O)NCc1ccccc1-c1ccc(C2OC(CN(C)C(C)C(O)c3ccccc3)CC(c3ccc(CO)cc3)O2)cc1. The minimum absolute atomic E-state index is 0.0148. The average molecular weight is 708 g/mol. The summed E-state index contributed by atoms with van der Waals surface area (Å²) in [6.07, 6.45) is 1.98. The number of aliphatic hydroxyl groups excluding tert-OH is 2. The molecule has 4 aromatic rings. The standard InChI is InChI=1S/C43H53N3O6/c1-30(42(50)35-12-6-4-7-13-35)46(3)28-38-26-40(34-19-17-32(29-47)18-20-34)52-43(51-38)36-23-21-33(22-24-36)39-15-10-9-14-37(39)27-45-41(49)16-8-5-11-25-44-31(2)48/h4,6-7,9-10,12-15,17-24,30,38,40,42-43,47,50H,5,8,11,16,25-29H2,1-3H3,(H,44,48)(H,45,49). The van der Waals surface area contributed by atoms with Crippen LogP contribution in [0.2, 0.25) is 0 Å². The molecule has 0 spiro atoms. The zero-order chi connectivity index (χ0) is 36.9. The summed E-state index contributed by atoms with van der Waals surface area (Å²) < 4.78 is 13.2. The van der Waals surface area contributed by atoms with Crippen LogP contribution in [0.5, 0.6) is 0 Å². The normalized spacial score (nSPS) is 18.5. The molecule has 0 bridgehead atoms. The van der Waals surface area contributed by atoms with E-state index in [0.717, 1.165) is 58.2 Å². The van der Waals surface area contributed by atoms with Crippen LogP contribution < -0.4 is 10.6 Å². The van der Waals surface area contributed by atoms with Crippen molar-refractivity contribution in [1.29, 1.82) is 0 Å². The number of hydrogen-bond acceptors (Lipinski definition) is 7. The van der Waals surface area contributed by atoms with Gasteiger partial charge in [0.15, 0.2) is 6.29 Å². The smallest absolute Gasteiger partial charge is 0.220 e. The van der Waals surface area contributed by atoms with Crippen LogP contribution in [0.3, 0.4) is 0 Å². The number of ether oxygens (including phenoxy) is 2. The highest BCUT2D eigenvalue weighted by Gasteiger charge is 2.34. The van der Waals surface area contributed by atoms with Crippen LogP contribution >= 0.6 is 0 Å².